The molecule has 1 aliphatic rings. The van der Waals surface area contributed by atoms with Crippen molar-refractivity contribution < 1.29 is 13.9 Å². The molecule has 0 saturated carbocycles. The Morgan fingerprint density at radius 1 is 1.18 bits per heavy atom. The van der Waals surface area contributed by atoms with E-state index in [0.717, 1.165) is 11.8 Å². The van der Waals surface area contributed by atoms with Crippen LogP contribution in [0.5, 0.6) is 5.88 Å². The lowest BCUT2D eigenvalue weighted by Gasteiger charge is -2.25. The Kier molecular flexibility index (Phi) is 6.77. The SMILES string of the molecule is C[C@H](Oc1ccc(C#N)cn1)C1CN(C(=O)c2cncc(F)c2)C[C@@H]1c1ccc(Cl)c(Cl)c1. The fourth-order valence-electron chi connectivity index (χ4n) is 4.07. The van der Waals surface area contributed by atoms with Crippen LogP contribution >= 0.6 is 23.2 Å². The van der Waals surface area contributed by atoms with Gasteiger partial charge in [0.25, 0.3) is 5.91 Å². The van der Waals surface area contributed by atoms with Crippen molar-refractivity contribution in [3.8, 4) is 11.9 Å². The summed E-state index contributed by atoms with van der Waals surface area (Å²) >= 11 is 12.4. The molecule has 0 N–H and O–H groups in total. The number of likely N-dealkylation sites (tertiary alicyclic amines) is 1. The van der Waals surface area contributed by atoms with Crippen LogP contribution in [0.2, 0.25) is 10.0 Å². The number of rotatable bonds is 5. The van der Waals surface area contributed by atoms with Crippen molar-refractivity contribution in [2.45, 2.75) is 18.9 Å². The third-order valence-electron chi connectivity index (χ3n) is 5.75. The largest absolute Gasteiger partial charge is 0.474 e. The molecule has 3 aromatic rings. The molecule has 0 spiro atoms. The first-order chi connectivity index (χ1) is 15.9. The van der Waals surface area contributed by atoms with E-state index < -0.39 is 5.82 Å². The van der Waals surface area contributed by atoms with Crippen LogP contribution in [0.1, 0.15) is 34.3 Å². The molecule has 4 rings (SSSR count). The monoisotopic (exact) mass is 484 g/mol. The van der Waals surface area contributed by atoms with E-state index >= 15 is 0 Å². The van der Waals surface area contributed by atoms with E-state index in [-0.39, 0.29) is 29.4 Å². The molecule has 0 radical (unpaired) electrons. The Morgan fingerprint density at radius 3 is 2.67 bits per heavy atom. The maximum atomic E-state index is 13.6. The van der Waals surface area contributed by atoms with Gasteiger partial charge in [-0.3, -0.25) is 9.78 Å². The van der Waals surface area contributed by atoms with Crippen molar-refractivity contribution in [3.63, 3.8) is 0 Å². The first kappa shape index (κ1) is 23.0. The number of pyridine rings is 2. The number of ether oxygens (including phenoxy) is 1. The minimum absolute atomic E-state index is 0.0985. The fraction of sp³-hybridized carbons (Fsp3) is 0.250. The van der Waals surface area contributed by atoms with E-state index in [4.69, 9.17) is 33.2 Å². The predicted molar refractivity (Wildman–Crippen MR) is 122 cm³/mol. The Hall–Kier alpha value is -3.21. The van der Waals surface area contributed by atoms with Crippen molar-refractivity contribution in [2.75, 3.05) is 13.1 Å². The highest BCUT2D eigenvalue weighted by molar-refractivity contribution is 6.42. The maximum Gasteiger partial charge on any atom is 0.255 e. The molecule has 33 heavy (non-hydrogen) atoms. The molecule has 1 aromatic carbocycles. The van der Waals surface area contributed by atoms with Gasteiger partial charge in [-0.05, 0) is 36.8 Å². The van der Waals surface area contributed by atoms with Gasteiger partial charge in [0.15, 0.2) is 0 Å². The Balaban J connectivity index is 1.61. The fourth-order valence-corrected chi connectivity index (χ4v) is 4.38. The van der Waals surface area contributed by atoms with E-state index in [1.54, 1.807) is 29.2 Å². The molecule has 1 fully saturated rings. The van der Waals surface area contributed by atoms with E-state index in [0.29, 0.717) is 34.6 Å². The van der Waals surface area contributed by atoms with E-state index in [1.807, 2.05) is 19.1 Å². The van der Waals surface area contributed by atoms with Gasteiger partial charge in [-0.2, -0.15) is 5.26 Å². The number of carbonyl (C=O) groups is 1. The van der Waals surface area contributed by atoms with Gasteiger partial charge in [0, 0.05) is 43.4 Å². The highest BCUT2D eigenvalue weighted by atomic mass is 35.5. The summed E-state index contributed by atoms with van der Waals surface area (Å²) in [6, 6.07) is 11.9. The number of benzene rings is 1. The molecule has 3 atom stereocenters. The third kappa shape index (κ3) is 5.08. The van der Waals surface area contributed by atoms with Gasteiger partial charge in [0.05, 0.1) is 27.4 Å². The summed E-state index contributed by atoms with van der Waals surface area (Å²) in [5.74, 6) is -0.697. The first-order valence-corrected chi connectivity index (χ1v) is 11.0. The number of halogens is 3. The van der Waals surface area contributed by atoms with Crippen LogP contribution in [0.3, 0.4) is 0 Å². The van der Waals surface area contributed by atoms with Gasteiger partial charge in [0.2, 0.25) is 5.88 Å². The highest BCUT2D eigenvalue weighted by Crippen LogP contribution is 2.38. The van der Waals surface area contributed by atoms with Gasteiger partial charge in [-0.25, -0.2) is 9.37 Å². The lowest BCUT2D eigenvalue weighted by atomic mass is 9.86. The molecule has 3 heterocycles. The lowest BCUT2D eigenvalue weighted by Crippen LogP contribution is -2.32. The van der Waals surface area contributed by atoms with Gasteiger partial charge in [0.1, 0.15) is 18.0 Å². The van der Waals surface area contributed by atoms with Gasteiger partial charge in [-0.15, -0.1) is 0 Å². The molecule has 6 nitrogen and oxygen atoms in total. The highest BCUT2D eigenvalue weighted by Gasteiger charge is 2.40. The van der Waals surface area contributed by atoms with E-state index in [9.17, 15) is 9.18 Å². The minimum Gasteiger partial charge on any atom is -0.474 e. The Labute approximate surface area is 200 Å². The number of hydrogen-bond donors (Lipinski definition) is 0. The van der Waals surface area contributed by atoms with Gasteiger partial charge < -0.3 is 9.64 Å². The number of nitrogens with zero attached hydrogens (tertiary/aromatic N) is 4. The number of nitriles is 1. The zero-order valence-electron chi connectivity index (χ0n) is 17.6. The number of carbonyl (C=O) groups excluding carboxylic acids is 1. The Morgan fingerprint density at radius 2 is 2.00 bits per heavy atom. The third-order valence-corrected chi connectivity index (χ3v) is 6.49. The second-order valence-electron chi connectivity index (χ2n) is 7.87. The molecule has 1 saturated heterocycles. The number of aromatic nitrogens is 2. The minimum atomic E-state index is -0.568. The first-order valence-electron chi connectivity index (χ1n) is 10.2. The molecule has 0 aliphatic carbocycles. The van der Waals surface area contributed by atoms with Crippen LogP contribution in [-0.2, 0) is 0 Å². The average molecular weight is 485 g/mol. The Bertz CT molecular complexity index is 1220. The van der Waals surface area contributed by atoms with Crippen LogP contribution in [0.15, 0.2) is 55.0 Å². The van der Waals surface area contributed by atoms with Crippen LogP contribution in [0.4, 0.5) is 4.39 Å². The zero-order chi connectivity index (χ0) is 23.5. The van der Waals surface area contributed by atoms with E-state index in [2.05, 4.69) is 9.97 Å². The number of hydrogen-bond acceptors (Lipinski definition) is 5. The molecule has 1 amide bonds. The van der Waals surface area contributed by atoms with E-state index in [1.165, 1.54) is 18.5 Å². The van der Waals surface area contributed by atoms with Crippen LogP contribution in [0, 0.1) is 23.1 Å². The standard InChI is InChI=1S/C24H19Cl2FN4O2/c1-14(33-23-5-2-15(8-28)9-30-23)19-12-31(24(32)17-6-18(27)11-29-10-17)13-20(19)16-3-4-21(25)22(26)7-16/h2-7,9-11,14,19-20H,12-13H2,1H3/t14-,19?,20+/m0/s1. The molecular weight excluding hydrogens is 466 g/mol. The maximum absolute atomic E-state index is 13.6. The summed E-state index contributed by atoms with van der Waals surface area (Å²) in [6.45, 7) is 2.69. The summed E-state index contributed by atoms with van der Waals surface area (Å²) in [5.41, 5.74) is 1.54. The second kappa shape index (κ2) is 9.74. The topological polar surface area (TPSA) is 79.1 Å². The summed E-state index contributed by atoms with van der Waals surface area (Å²) in [5, 5.41) is 9.83. The van der Waals surface area contributed by atoms with Crippen LogP contribution < -0.4 is 4.74 Å². The second-order valence-corrected chi connectivity index (χ2v) is 8.68. The van der Waals surface area contributed by atoms with Crippen LogP contribution in [-0.4, -0.2) is 40.0 Å². The summed E-state index contributed by atoms with van der Waals surface area (Å²) in [7, 11) is 0. The average Bonchev–Trinajstić information content (AvgIpc) is 3.26. The molecule has 168 valence electrons. The molecule has 1 aliphatic heterocycles. The van der Waals surface area contributed by atoms with Gasteiger partial charge >= 0.3 is 0 Å². The molecule has 1 unspecified atom stereocenters. The summed E-state index contributed by atoms with van der Waals surface area (Å²) in [4.78, 5) is 22.7. The summed E-state index contributed by atoms with van der Waals surface area (Å²) < 4.78 is 19.7. The van der Waals surface area contributed by atoms with Crippen molar-refractivity contribution >= 4 is 29.1 Å². The number of amides is 1. The van der Waals surface area contributed by atoms with Gasteiger partial charge in [-0.1, -0.05) is 29.3 Å². The molecule has 2 aromatic heterocycles. The van der Waals surface area contributed by atoms with Crippen molar-refractivity contribution in [2.24, 2.45) is 5.92 Å². The van der Waals surface area contributed by atoms with Crippen LogP contribution in [0.25, 0.3) is 0 Å². The quantitative estimate of drug-likeness (QED) is 0.502. The molecule has 0 bridgehead atoms. The van der Waals surface area contributed by atoms with Crippen molar-refractivity contribution in [1.29, 1.82) is 5.26 Å². The van der Waals surface area contributed by atoms with Crippen molar-refractivity contribution in [3.05, 3.63) is 87.5 Å². The zero-order valence-corrected chi connectivity index (χ0v) is 19.1. The molecular formula is C24H19Cl2FN4O2. The summed E-state index contributed by atoms with van der Waals surface area (Å²) in [6.07, 6.45) is 3.53. The van der Waals surface area contributed by atoms with Crippen molar-refractivity contribution in [1.82, 2.24) is 14.9 Å². The predicted octanol–water partition coefficient (Wildman–Crippen LogP) is 5.12. The smallest absolute Gasteiger partial charge is 0.255 e. The molecule has 9 heteroatoms. The normalized spacial score (nSPS) is 18.6. The lowest BCUT2D eigenvalue weighted by molar-refractivity contribution is 0.0768.